The standard InChI is InChI=1S/C22H38N3O5PSi/c1-17(2)29-31(27,30-18(3)4)22(32(5,6)7)20(24-25-13-15-28-16-14-25)23-21(26)19-11-9-8-10-12-19/h8-12,17-18,22H,13-16H2,1-7H3,(H,23,24,26). The van der Waals surface area contributed by atoms with Crippen molar-refractivity contribution in [2.45, 2.75) is 64.8 Å². The Labute approximate surface area is 193 Å². The number of hydrogen-bond acceptors (Lipinski definition) is 7. The predicted octanol–water partition coefficient (Wildman–Crippen LogP) is 4.35. The molecule has 2 rings (SSSR count). The van der Waals surface area contributed by atoms with E-state index in [0.29, 0.717) is 37.7 Å². The van der Waals surface area contributed by atoms with Gasteiger partial charge in [-0.05, 0) is 39.8 Å². The number of benzene rings is 1. The molecule has 1 aliphatic rings. The number of hydrazone groups is 1. The van der Waals surface area contributed by atoms with E-state index in [0.717, 1.165) is 0 Å². The summed E-state index contributed by atoms with van der Waals surface area (Å²) >= 11 is 0. The fourth-order valence-electron chi connectivity index (χ4n) is 3.50. The van der Waals surface area contributed by atoms with Crippen LogP contribution < -0.4 is 5.32 Å². The van der Waals surface area contributed by atoms with Crippen LogP contribution in [-0.4, -0.2) is 68.6 Å². The lowest BCUT2D eigenvalue weighted by Crippen LogP contribution is -2.53. The first kappa shape index (κ1) is 26.7. The molecular formula is C22H38N3O5PSi. The Morgan fingerprint density at radius 3 is 2.06 bits per heavy atom. The molecule has 1 amide bonds. The van der Waals surface area contributed by atoms with Crippen LogP contribution in [0.5, 0.6) is 0 Å². The van der Waals surface area contributed by atoms with Gasteiger partial charge < -0.3 is 19.1 Å². The van der Waals surface area contributed by atoms with Crippen molar-refractivity contribution in [2.75, 3.05) is 26.3 Å². The number of nitrogens with zero attached hydrogens (tertiary/aromatic N) is 2. The molecule has 32 heavy (non-hydrogen) atoms. The van der Waals surface area contributed by atoms with Crippen LogP contribution in [-0.2, 0) is 18.3 Å². The molecule has 1 saturated heterocycles. The van der Waals surface area contributed by atoms with Gasteiger partial charge in [0.05, 0.1) is 46.6 Å². The second-order valence-electron chi connectivity index (χ2n) is 9.49. The normalized spacial score (nSPS) is 17.0. The van der Waals surface area contributed by atoms with E-state index in [1.807, 2.05) is 38.8 Å². The smallest absolute Gasteiger partial charge is 0.338 e. The lowest BCUT2D eigenvalue weighted by molar-refractivity contribution is 0.0390. The number of amidine groups is 1. The van der Waals surface area contributed by atoms with Crippen LogP contribution >= 0.6 is 7.60 Å². The van der Waals surface area contributed by atoms with Crippen molar-refractivity contribution >= 4 is 27.4 Å². The van der Waals surface area contributed by atoms with E-state index in [1.54, 1.807) is 24.3 Å². The van der Waals surface area contributed by atoms with Crippen molar-refractivity contribution in [3.05, 3.63) is 35.9 Å². The second kappa shape index (κ2) is 11.6. The molecule has 1 aromatic carbocycles. The summed E-state index contributed by atoms with van der Waals surface area (Å²) in [6.45, 7) is 15.8. The van der Waals surface area contributed by atoms with Gasteiger partial charge in [-0.1, -0.05) is 37.8 Å². The summed E-state index contributed by atoms with van der Waals surface area (Å²) in [6.07, 6.45) is -0.624. The van der Waals surface area contributed by atoms with Crippen molar-refractivity contribution in [1.82, 2.24) is 10.3 Å². The lowest BCUT2D eigenvalue weighted by Gasteiger charge is -2.37. The SMILES string of the molecule is CC(C)OP(=O)(OC(C)C)C(/C(=N/N1CCOCC1)NC(=O)c1ccccc1)[Si](C)(C)C. The zero-order chi connectivity index (χ0) is 23.9. The van der Waals surface area contributed by atoms with Crippen LogP contribution in [0.1, 0.15) is 38.1 Å². The van der Waals surface area contributed by atoms with E-state index in [4.69, 9.17) is 18.9 Å². The first-order chi connectivity index (χ1) is 14.9. The minimum atomic E-state index is -3.68. The highest BCUT2D eigenvalue weighted by molar-refractivity contribution is 7.59. The Bertz CT molecular complexity index is 807. The summed E-state index contributed by atoms with van der Waals surface area (Å²) < 4.78 is 31.7. The Hall–Kier alpha value is -1.51. The third kappa shape index (κ3) is 7.81. The zero-order valence-electron chi connectivity index (χ0n) is 20.3. The summed E-state index contributed by atoms with van der Waals surface area (Å²) in [4.78, 5) is 13.1. The number of carbonyl (C=O) groups excluding carboxylic acids is 1. The fourth-order valence-corrected chi connectivity index (χ4v) is 10.5. The molecular weight excluding hydrogens is 445 g/mol. The molecule has 1 unspecified atom stereocenters. The lowest BCUT2D eigenvalue weighted by atomic mass is 10.2. The predicted molar refractivity (Wildman–Crippen MR) is 131 cm³/mol. The number of hydrogen-bond donors (Lipinski definition) is 1. The molecule has 0 aromatic heterocycles. The van der Waals surface area contributed by atoms with Crippen molar-refractivity contribution in [3.8, 4) is 0 Å². The van der Waals surface area contributed by atoms with E-state index < -0.39 is 21.0 Å². The molecule has 1 N–H and O–H groups in total. The Morgan fingerprint density at radius 2 is 1.59 bits per heavy atom. The molecule has 1 aliphatic heterocycles. The van der Waals surface area contributed by atoms with Gasteiger partial charge in [0.15, 0.2) is 0 Å². The highest BCUT2D eigenvalue weighted by atomic mass is 31.2. The fraction of sp³-hybridized carbons (Fsp3) is 0.636. The largest absolute Gasteiger partial charge is 0.378 e. The average molecular weight is 484 g/mol. The number of rotatable bonds is 9. The third-order valence-electron chi connectivity index (χ3n) is 4.63. The average Bonchev–Trinajstić information content (AvgIpc) is 2.66. The van der Waals surface area contributed by atoms with Crippen LogP contribution in [0.2, 0.25) is 19.6 Å². The van der Waals surface area contributed by atoms with Gasteiger partial charge in [-0.3, -0.25) is 14.4 Å². The summed E-state index contributed by atoms with van der Waals surface area (Å²) in [7, 11) is -5.96. The Balaban J connectivity index is 2.56. The molecule has 1 atom stereocenters. The van der Waals surface area contributed by atoms with Crippen molar-refractivity contribution in [1.29, 1.82) is 0 Å². The number of ether oxygens (including phenoxy) is 1. The van der Waals surface area contributed by atoms with Crippen molar-refractivity contribution in [3.63, 3.8) is 0 Å². The van der Waals surface area contributed by atoms with Gasteiger partial charge in [0.1, 0.15) is 11.1 Å². The van der Waals surface area contributed by atoms with Gasteiger partial charge in [0.2, 0.25) is 0 Å². The highest BCUT2D eigenvalue weighted by Gasteiger charge is 2.50. The Morgan fingerprint density at radius 1 is 1.06 bits per heavy atom. The quantitative estimate of drug-likeness (QED) is 0.243. The third-order valence-corrected chi connectivity index (χ3v) is 12.1. The van der Waals surface area contributed by atoms with Gasteiger partial charge in [-0.15, -0.1) is 0 Å². The highest BCUT2D eigenvalue weighted by Crippen LogP contribution is 2.58. The van der Waals surface area contributed by atoms with E-state index in [2.05, 4.69) is 25.0 Å². The molecule has 10 heteroatoms. The van der Waals surface area contributed by atoms with Gasteiger partial charge in [-0.2, -0.15) is 5.10 Å². The Kier molecular flexibility index (Phi) is 9.66. The molecule has 0 bridgehead atoms. The van der Waals surface area contributed by atoms with Gasteiger partial charge in [0.25, 0.3) is 5.91 Å². The minimum absolute atomic E-state index is 0.304. The molecule has 0 radical (unpaired) electrons. The summed E-state index contributed by atoms with van der Waals surface area (Å²) in [5, 5.41) is 8.96. The van der Waals surface area contributed by atoms with Gasteiger partial charge >= 0.3 is 7.60 Å². The first-order valence-corrected chi connectivity index (χ1v) is 16.4. The van der Waals surface area contributed by atoms with Crippen molar-refractivity contribution in [2.24, 2.45) is 5.10 Å². The molecule has 8 nitrogen and oxygen atoms in total. The first-order valence-electron chi connectivity index (χ1n) is 11.2. The second-order valence-corrected chi connectivity index (χ2v) is 17.3. The van der Waals surface area contributed by atoms with E-state index in [-0.39, 0.29) is 18.1 Å². The van der Waals surface area contributed by atoms with E-state index in [1.165, 1.54) is 0 Å². The number of morpholine rings is 1. The van der Waals surface area contributed by atoms with Gasteiger partial charge in [-0.25, -0.2) is 0 Å². The topological polar surface area (TPSA) is 89.5 Å². The number of carbonyl (C=O) groups is 1. The maximum absolute atomic E-state index is 14.3. The minimum Gasteiger partial charge on any atom is -0.378 e. The molecule has 1 aromatic rings. The maximum atomic E-state index is 14.3. The van der Waals surface area contributed by atoms with E-state index >= 15 is 0 Å². The summed E-state index contributed by atoms with van der Waals surface area (Å²) in [6, 6.07) is 8.93. The zero-order valence-corrected chi connectivity index (χ0v) is 22.2. The van der Waals surface area contributed by atoms with Crippen LogP contribution in [0, 0.1) is 0 Å². The summed E-state index contributed by atoms with van der Waals surface area (Å²) in [5.41, 5.74) is 0.501. The van der Waals surface area contributed by atoms with Crippen LogP contribution in [0.3, 0.4) is 0 Å². The summed E-state index contributed by atoms with van der Waals surface area (Å²) in [5.74, 6) is 0.0334. The van der Waals surface area contributed by atoms with Crippen LogP contribution in [0.15, 0.2) is 35.4 Å². The maximum Gasteiger partial charge on any atom is 0.338 e. The molecule has 0 spiro atoms. The molecule has 0 aliphatic carbocycles. The molecule has 1 fully saturated rings. The number of amides is 1. The monoisotopic (exact) mass is 483 g/mol. The van der Waals surface area contributed by atoms with Crippen LogP contribution in [0.25, 0.3) is 0 Å². The molecule has 1 heterocycles. The van der Waals surface area contributed by atoms with Crippen molar-refractivity contribution < 1.29 is 23.1 Å². The number of nitrogens with one attached hydrogen (secondary N) is 1. The van der Waals surface area contributed by atoms with Crippen LogP contribution in [0.4, 0.5) is 0 Å². The molecule has 0 saturated carbocycles. The van der Waals surface area contributed by atoms with Gasteiger partial charge in [0, 0.05) is 5.56 Å². The van der Waals surface area contributed by atoms with E-state index in [9.17, 15) is 9.36 Å². The molecule has 180 valence electrons.